The van der Waals surface area contributed by atoms with Gasteiger partial charge in [-0.1, -0.05) is 35.6 Å². The van der Waals surface area contributed by atoms with Crippen LogP contribution in [0.5, 0.6) is 0 Å². The number of hydrogen-bond acceptors (Lipinski definition) is 6. The first-order valence-corrected chi connectivity index (χ1v) is 10.2. The predicted molar refractivity (Wildman–Crippen MR) is 113 cm³/mol. The number of aryl methyl sites for hydroxylation is 2. The molecule has 2 amide bonds. The topological polar surface area (TPSA) is 114 Å². The van der Waals surface area contributed by atoms with E-state index >= 15 is 0 Å². The van der Waals surface area contributed by atoms with Gasteiger partial charge in [-0.05, 0) is 43.0 Å². The highest BCUT2D eigenvalue weighted by molar-refractivity contribution is 7.17. The first-order chi connectivity index (χ1) is 14.4. The quantitative estimate of drug-likeness (QED) is 0.476. The number of thiazole rings is 1. The molecule has 30 heavy (non-hydrogen) atoms. The zero-order valence-corrected chi connectivity index (χ0v) is 16.9. The molecule has 152 valence electrons. The lowest BCUT2D eigenvalue weighted by Gasteiger charge is -2.13. The molecule has 2 N–H and O–H groups in total. The van der Waals surface area contributed by atoms with Gasteiger partial charge in [0.15, 0.2) is 5.13 Å². The number of nitrogens with one attached hydrogen (secondary N) is 2. The van der Waals surface area contributed by atoms with Crippen LogP contribution >= 0.6 is 11.3 Å². The first kappa shape index (κ1) is 19.7. The molecule has 0 aliphatic heterocycles. The second-order valence-electron chi connectivity index (χ2n) is 6.96. The average molecular weight is 422 g/mol. The molecular weight excluding hydrogens is 404 g/mol. The third kappa shape index (κ3) is 3.92. The van der Waals surface area contributed by atoms with Crippen LogP contribution in [0.15, 0.2) is 48.5 Å². The van der Waals surface area contributed by atoms with Gasteiger partial charge in [-0.15, -0.1) is 0 Å². The van der Waals surface area contributed by atoms with Crippen LogP contribution in [0.2, 0.25) is 0 Å². The van der Waals surface area contributed by atoms with E-state index in [1.165, 1.54) is 29.8 Å². The SMILES string of the molecule is Cc1nc(NC(=O)c2ccc([N+](=O)[O-])cc2)sc1C(=O)NC1CCc2ccccc21. The first-order valence-electron chi connectivity index (χ1n) is 9.34. The molecule has 3 aromatic rings. The van der Waals surface area contributed by atoms with Gasteiger partial charge in [0.25, 0.3) is 17.5 Å². The molecule has 1 atom stereocenters. The average Bonchev–Trinajstić information content (AvgIpc) is 3.31. The van der Waals surface area contributed by atoms with Crippen molar-refractivity contribution in [2.24, 2.45) is 0 Å². The van der Waals surface area contributed by atoms with Crippen molar-refractivity contribution in [1.29, 1.82) is 0 Å². The van der Waals surface area contributed by atoms with Crippen molar-refractivity contribution in [2.45, 2.75) is 25.8 Å². The van der Waals surface area contributed by atoms with Crippen LogP contribution in [0.3, 0.4) is 0 Å². The number of carbonyl (C=O) groups is 2. The minimum absolute atomic E-state index is 0.0339. The Morgan fingerprint density at radius 2 is 1.87 bits per heavy atom. The Morgan fingerprint density at radius 3 is 2.60 bits per heavy atom. The molecule has 1 unspecified atom stereocenters. The van der Waals surface area contributed by atoms with Crippen LogP contribution in [0.4, 0.5) is 10.8 Å². The highest BCUT2D eigenvalue weighted by Crippen LogP contribution is 2.32. The number of aromatic nitrogens is 1. The molecule has 1 aliphatic rings. The summed E-state index contributed by atoms with van der Waals surface area (Å²) in [6, 6.07) is 13.3. The van der Waals surface area contributed by atoms with E-state index in [1.54, 1.807) is 6.92 Å². The Hall–Kier alpha value is -3.59. The monoisotopic (exact) mass is 422 g/mol. The maximum atomic E-state index is 12.8. The van der Waals surface area contributed by atoms with E-state index in [2.05, 4.69) is 21.7 Å². The maximum absolute atomic E-state index is 12.8. The Bertz CT molecular complexity index is 1140. The van der Waals surface area contributed by atoms with Gasteiger partial charge in [0.2, 0.25) is 0 Å². The number of anilines is 1. The van der Waals surface area contributed by atoms with Gasteiger partial charge < -0.3 is 5.32 Å². The fraction of sp³-hybridized carbons (Fsp3) is 0.190. The third-order valence-corrected chi connectivity index (χ3v) is 6.07. The number of nitro benzene ring substituents is 1. The minimum atomic E-state index is -0.528. The van der Waals surface area contributed by atoms with Crippen LogP contribution in [-0.4, -0.2) is 21.7 Å². The van der Waals surface area contributed by atoms with E-state index in [-0.39, 0.29) is 23.2 Å². The fourth-order valence-corrected chi connectivity index (χ4v) is 4.36. The van der Waals surface area contributed by atoms with E-state index in [9.17, 15) is 19.7 Å². The Kier molecular flexibility index (Phi) is 5.28. The Morgan fingerprint density at radius 1 is 1.13 bits per heavy atom. The lowest BCUT2D eigenvalue weighted by Crippen LogP contribution is -2.26. The number of fused-ring (bicyclic) bond motifs is 1. The van der Waals surface area contributed by atoms with Crippen molar-refractivity contribution in [3.8, 4) is 0 Å². The molecule has 8 nitrogen and oxygen atoms in total. The Balaban J connectivity index is 1.44. The van der Waals surface area contributed by atoms with Crippen LogP contribution in [-0.2, 0) is 6.42 Å². The molecule has 1 aromatic heterocycles. The predicted octanol–water partition coefficient (Wildman–Crippen LogP) is 4.03. The molecule has 9 heteroatoms. The van der Waals surface area contributed by atoms with Gasteiger partial charge in [-0.3, -0.25) is 25.0 Å². The number of nitrogens with zero attached hydrogens (tertiary/aromatic N) is 2. The summed E-state index contributed by atoms with van der Waals surface area (Å²) < 4.78 is 0. The Labute approximate surface area is 176 Å². The van der Waals surface area contributed by atoms with Gasteiger partial charge in [0, 0.05) is 17.7 Å². The highest BCUT2D eigenvalue weighted by Gasteiger charge is 2.26. The molecule has 0 bridgehead atoms. The largest absolute Gasteiger partial charge is 0.344 e. The molecule has 4 rings (SSSR count). The third-order valence-electron chi connectivity index (χ3n) is 5.00. The summed E-state index contributed by atoms with van der Waals surface area (Å²) in [7, 11) is 0. The van der Waals surface area contributed by atoms with E-state index in [4.69, 9.17) is 0 Å². The van der Waals surface area contributed by atoms with Gasteiger partial charge >= 0.3 is 0 Å². The molecule has 0 radical (unpaired) electrons. The lowest BCUT2D eigenvalue weighted by molar-refractivity contribution is -0.384. The second kappa shape index (κ2) is 8.03. The summed E-state index contributed by atoms with van der Waals surface area (Å²) in [6.45, 7) is 1.72. The number of hydrogen-bond donors (Lipinski definition) is 2. The van der Waals surface area contributed by atoms with Gasteiger partial charge in [0.1, 0.15) is 4.88 Å². The van der Waals surface area contributed by atoms with Crippen LogP contribution < -0.4 is 10.6 Å². The summed E-state index contributed by atoms with van der Waals surface area (Å²) in [5.74, 6) is -0.669. The molecule has 0 saturated heterocycles. The number of rotatable bonds is 5. The van der Waals surface area contributed by atoms with Gasteiger partial charge in [0.05, 0.1) is 16.7 Å². The van der Waals surface area contributed by atoms with E-state index in [0.29, 0.717) is 15.7 Å². The van der Waals surface area contributed by atoms with Crippen molar-refractivity contribution in [3.63, 3.8) is 0 Å². The summed E-state index contributed by atoms with van der Waals surface area (Å²) in [4.78, 5) is 40.1. The van der Waals surface area contributed by atoms with Crippen LogP contribution in [0.1, 0.15) is 49.3 Å². The second-order valence-corrected chi connectivity index (χ2v) is 7.95. The molecule has 0 fully saturated rings. The molecule has 2 aromatic carbocycles. The van der Waals surface area contributed by atoms with E-state index < -0.39 is 10.8 Å². The summed E-state index contributed by atoms with van der Waals surface area (Å²) in [5.41, 5.74) is 3.09. The molecular formula is C21H18N4O4S. The van der Waals surface area contributed by atoms with Gasteiger partial charge in [-0.25, -0.2) is 4.98 Å². The number of non-ortho nitro benzene ring substituents is 1. The lowest BCUT2D eigenvalue weighted by atomic mass is 10.1. The fourth-order valence-electron chi connectivity index (χ4n) is 3.50. The van der Waals surface area contributed by atoms with E-state index in [1.807, 2.05) is 18.2 Å². The van der Waals surface area contributed by atoms with Crippen molar-refractivity contribution >= 4 is 34.0 Å². The number of nitro groups is 1. The van der Waals surface area contributed by atoms with Crippen LogP contribution in [0, 0.1) is 17.0 Å². The summed E-state index contributed by atoms with van der Waals surface area (Å²) in [6.07, 6.45) is 1.78. The minimum Gasteiger partial charge on any atom is -0.344 e. The molecule has 0 spiro atoms. The van der Waals surface area contributed by atoms with Crippen molar-refractivity contribution < 1.29 is 14.5 Å². The van der Waals surface area contributed by atoms with Crippen LogP contribution in [0.25, 0.3) is 0 Å². The summed E-state index contributed by atoms with van der Waals surface area (Å²) >= 11 is 1.10. The van der Waals surface area contributed by atoms with Gasteiger partial charge in [-0.2, -0.15) is 0 Å². The van der Waals surface area contributed by atoms with Crippen molar-refractivity contribution in [1.82, 2.24) is 10.3 Å². The van der Waals surface area contributed by atoms with Crippen molar-refractivity contribution in [2.75, 3.05) is 5.32 Å². The normalized spacial score (nSPS) is 14.8. The number of benzene rings is 2. The maximum Gasteiger partial charge on any atom is 0.269 e. The zero-order valence-electron chi connectivity index (χ0n) is 16.0. The van der Waals surface area contributed by atoms with E-state index in [0.717, 1.165) is 29.7 Å². The molecule has 0 saturated carbocycles. The molecule has 1 aliphatic carbocycles. The van der Waals surface area contributed by atoms with Crippen molar-refractivity contribution in [3.05, 3.63) is 85.9 Å². The number of amides is 2. The highest BCUT2D eigenvalue weighted by atomic mass is 32.1. The smallest absolute Gasteiger partial charge is 0.269 e. The summed E-state index contributed by atoms with van der Waals surface area (Å²) in [5, 5.41) is 16.7. The zero-order chi connectivity index (χ0) is 21.3. The molecule has 1 heterocycles. The number of carbonyl (C=O) groups excluding carboxylic acids is 2. The standard InChI is InChI=1S/C21H18N4O4S/c1-12-18(20(27)23-17-11-8-13-4-2-3-5-16(13)17)30-21(22-12)24-19(26)14-6-9-15(10-7-14)25(28)29/h2-7,9-10,17H,8,11H2,1H3,(H,23,27)(H,22,24,26).